The summed E-state index contributed by atoms with van der Waals surface area (Å²) in [5.41, 5.74) is 0.995. The number of benzene rings is 1. The molecule has 2 fully saturated rings. The lowest BCUT2D eigenvalue weighted by atomic mass is 9.94. The molecule has 7 nitrogen and oxygen atoms in total. The molecule has 2 saturated heterocycles. The van der Waals surface area contributed by atoms with Crippen molar-refractivity contribution in [1.82, 2.24) is 10.2 Å². The minimum Gasteiger partial charge on any atom is -0.482 e. The van der Waals surface area contributed by atoms with Gasteiger partial charge in [-0.3, -0.25) is 4.79 Å². The molecule has 154 valence electrons. The van der Waals surface area contributed by atoms with E-state index in [9.17, 15) is 9.59 Å². The number of carbonyl (C=O) groups is 2. The van der Waals surface area contributed by atoms with Gasteiger partial charge in [0.1, 0.15) is 5.75 Å². The molecule has 0 saturated carbocycles. The summed E-state index contributed by atoms with van der Waals surface area (Å²) in [4.78, 5) is 28.0. The lowest BCUT2D eigenvalue weighted by Gasteiger charge is -2.36. The Labute approximate surface area is 167 Å². The normalized spacial score (nSPS) is 18.2. The number of ether oxygens (including phenoxy) is 2. The molecule has 0 spiro atoms. The fraction of sp³-hybridized carbons (Fsp3) is 0.619. The summed E-state index contributed by atoms with van der Waals surface area (Å²) < 4.78 is 10.3. The van der Waals surface area contributed by atoms with E-state index in [0.717, 1.165) is 50.7 Å². The minimum atomic E-state index is -0.377. The van der Waals surface area contributed by atoms with Crippen LogP contribution in [0.25, 0.3) is 0 Å². The van der Waals surface area contributed by atoms with Gasteiger partial charge < -0.3 is 24.6 Å². The van der Waals surface area contributed by atoms with Gasteiger partial charge in [-0.05, 0) is 69.5 Å². The van der Waals surface area contributed by atoms with Crippen molar-refractivity contribution in [3.05, 3.63) is 24.3 Å². The highest BCUT2D eigenvalue weighted by Gasteiger charge is 2.25. The van der Waals surface area contributed by atoms with Crippen LogP contribution >= 0.6 is 0 Å². The van der Waals surface area contributed by atoms with Crippen molar-refractivity contribution >= 4 is 17.6 Å². The summed E-state index contributed by atoms with van der Waals surface area (Å²) >= 11 is 0. The number of carbonyl (C=O) groups excluding carboxylic acids is 2. The number of hydrogen-bond acceptors (Lipinski definition) is 6. The Morgan fingerprint density at radius 3 is 2.61 bits per heavy atom. The van der Waals surface area contributed by atoms with Gasteiger partial charge >= 0.3 is 5.97 Å². The van der Waals surface area contributed by atoms with E-state index in [0.29, 0.717) is 18.9 Å². The van der Waals surface area contributed by atoms with Gasteiger partial charge in [0.15, 0.2) is 6.61 Å². The van der Waals surface area contributed by atoms with Crippen LogP contribution in [0, 0.1) is 5.92 Å². The van der Waals surface area contributed by atoms with Gasteiger partial charge in [0.2, 0.25) is 5.91 Å². The van der Waals surface area contributed by atoms with E-state index in [1.54, 1.807) is 6.92 Å². The van der Waals surface area contributed by atoms with E-state index in [-0.39, 0.29) is 18.5 Å². The van der Waals surface area contributed by atoms with E-state index >= 15 is 0 Å². The maximum absolute atomic E-state index is 12.6. The molecule has 1 aromatic carbocycles. The SMILES string of the molecule is CCOC(=O)COc1ccc(N2CCN(CCC3CCNCC3)C(=O)C2)cc1. The quantitative estimate of drug-likeness (QED) is 0.682. The highest BCUT2D eigenvalue weighted by Crippen LogP contribution is 2.22. The Hall–Kier alpha value is -2.28. The van der Waals surface area contributed by atoms with Crippen molar-refractivity contribution < 1.29 is 19.1 Å². The zero-order valence-corrected chi connectivity index (χ0v) is 16.7. The van der Waals surface area contributed by atoms with Crippen LogP contribution < -0.4 is 15.0 Å². The molecule has 2 aliphatic heterocycles. The lowest BCUT2D eigenvalue weighted by Crippen LogP contribution is -2.51. The van der Waals surface area contributed by atoms with Crippen LogP contribution in [0.5, 0.6) is 5.75 Å². The number of nitrogens with one attached hydrogen (secondary N) is 1. The summed E-state index contributed by atoms with van der Waals surface area (Å²) in [6.45, 7) is 7.11. The zero-order valence-electron chi connectivity index (χ0n) is 16.7. The first kappa shape index (κ1) is 20.5. The Morgan fingerprint density at radius 2 is 1.93 bits per heavy atom. The van der Waals surface area contributed by atoms with Gasteiger partial charge in [-0.2, -0.15) is 0 Å². The first-order valence-electron chi connectivity index (χ1n) is 10.3. The van der Waals surface area contributed by atoms with Crippen LogP contribution in [-0.2, 0) is 14.3 Å². The van der Waals surface area contributed by atoms with Crippen molar-refractivity contribution in [3.8, 4) is 5.75 Å². The first-order valence-corrected chi connectivity index (χ1v) is 10.3. The summed E-state index contributed by atoms with van der Waals surface area (Å²) in [5, 5.41) is 3.39. The van der Waals surface area contributed by atoms with Gasteiger partial charge in [0, 0.05) is 25.3 Å². The van der Waals surface area contributed by atoms with Crippen LogP contribution in [-0.4, -0.2) is 69.3 Å². The predicted octanol–water partition coefficient (Wildman–Crippen LogP) is 1.67. The topological polar surface area (TPSA) is 71.1 Å². The summed E-state index contributed by atoms with van der Waals surface area (Å²) in [6.07, 6.45) is 3.55. The highest BCUT2D eigenvalue weighted by atomic mass is 16.6. The minimum absolute atomic E-state index is 0.0958. The molecule has 1 amide bonds. The van der Waals surface area contributed by atoms with Crippen molar-refractivity contribution in [2.75, 3.05) is 57.4 Å². The number of esters is 1. The molecule has 0 unspecified atom stereocenters. The van der Waals surface area contributed by atoms with Gasteiger partial charge in [-0.1, -0.05) is 0 Å². The van der Waals surface area contributed by atoms with E-state index < -0.39 is 0 Å². The molecule has 1 aromatic rings. The van der Waals surface area contributed by atoms with E-state index in [1.165, 1.54) is 12.8 Å². The molecule has 28 heavy (non-hydrogen) atoms. The number of amides is 1. The fourth-order valence-corrected chi connectivity index (χ4v) is 3.77. The maximum atomic E-state index is 12.6. The van der Waals surface area contributed by atoms with Crippen LogP contribution in [0.15, 0.2) is 24.3 Å². The number of anilines is 1. The molecule has 3 rings (SSSR count). The number of hydrogen-bond donors (Lipinski definition) is 1. The number of piperazine rings is 1. The van der Waals surface area contributed by atoms with Gasteiger partial charge in [-0.15, -0.1) is 0 Å². The standard InChI is InChI=1S/C21H31N3O4/c1-2-27-21(26)16-28-19-5-3-18(4-6-19)24-14-13-23(20(25)15-24)12-9-17-7-10-22-11-8-17/h3-6,17,22H,2,7-16H2,1H3. The molecular weight excluding hydrogens is 358 g/mol. The molecular formula is C21H31N3O4. The Morgan fingerprint density at radius 1 is 1.18 bits per heavy atom. The molecule has 0 aromatic heterocycles. The Kier molecular flexibility index (Phi) is 7.54. The third-order valence-electron chi connectivity index (χ3n) is 5.45. The molecule has 0 atom stereocenters. The summed E-state index contributed by atoms with van der Waals surface area (Å²) in [7, 11) is 0. The zero-order chi connectivity index (χ0) is 19.8. The van der Waals surface area contributed by atoms with Crippen molar-refractivity contribution in [3.63, 3.8) is 0 Å². The van der Waals surface area contributed by atoms with Crippen LogP contribution in [0.1, 0.15) is 26.2 Å². The lowest BCUT2D eigenvalue weighted by molar-refractivity contribution is -0.145. The van der Waals surface area contributed by atoms with Gasteiger partial charge in [-0.25, -0.2) is 4.79 Å². The third kappa shape index (κ3) is 5.86. The van der Waals surface area contributed by atoms with Crippen LogP contribution in [0.2, 0.25) is 0 Å². The molecule has 0 radical (unpaired) electrons. The van der Waals surface area contributed by atoms with Crippen LogP contribution in [0.3, 0.4) is 0 Å². The molecule has 0 aliphatic carbocycles. The average Bonchev–Trinajstić information content (AvgIpc) is 2.73. The monoisotopic (exact) mass is 389 g/mol. The second kappa shape index (κ2) is 10.3. The number of rotatable bonds is 8. The first-order chi connectivity index (χ1) is 13.7. The average molecular weight is 389 g/mol. The Balaban J connectivity index is 1.44. The van der Waals surface area contributed by atoms with Crippen molar-refractivity contribution in [2.24, 2.45) is 5.92 Å². The molecule has 7 heteroatoms. The highest BCUT2D eigenvalue weighted by molar-refractivity contribution is 5.82. The maximum Gasteiger partial charge on any atom is 0.344 e. The Bertz CT molecular complexity index is 644. The summed E-state index contributed by atoms with van der Waals surface area (Å²) in [6, 6.07) is 7.50. The van der Waals surface area contributed by atoms with Gasteiger partial charge in [0.25, 0.3) is 0 Å². The van der Waals surface area contributed by atoms with E-state index in [2.05, 4.69) is 10.2 Å². The van der Waals surface area contributed by atoms with Gasteiger partial charge in [0.05, 0.1) is 13.2 Å². The molecule has 1 N–H and O–H groups in total. The molecule has 2 aliphatic rings. The van der Waals surface area contributed by atoms with E-state index in [4.69, 9.17) is 9.47 Å². The predicted molar refractivity (Wildman–Crippen MR) is 108 cm³/mol. The number of nitrogens with zero attached hydrogens (tertiary/aromatic N) is 2. The number of piperidine rings is 1. The summed E-state index contributed by atoms with van der Waals surface area (Å²) in [5.74, 6) is 1.18. The third-order valence-corrected chi connectivity index (χ3v) is 5.45. The van der Waals surface area contributed by atoms with Crippen LogP contribution in [0.4, 0.5) is 5.69 Å². The second-order valence-corrected chi connectivity index (χ2v) is 7.37. The smallest absolute Gasteiger partial charge is 0.344 e. The van der Waals surface area contributed by atoms with Crippen molar-refractivity contribution in [2.45, 2.75) is 26.2 Å². The second-order valence-electron chi connectivity index (χ2n) is 7.37. The van der Waals surface area contributed by atoms with Crippen molar-refractivity contribution in [1.29, 1.82) is 0 Å². The molecule has 2 heterocycles. The van der Waals surface area contributed by atoms with E-state index in [1.807, 2.05) is 29.2 Å². The molecule has 0 bridgehead atoms. The fourth-order valence-electron chi connectivity index (χ4n) is 3.77. The largest absolute Gasteiger partial charge is 0.482 e.